The van der Waals surface area contributed by atoms with Gasteiger partial charge >= 0.3 is 0 Å². The molecule has 9 heteroatoms. The van der Waals surface area contributed by atoms with Crippen molar-refractivity contribution in [3.05, 3.63) is 52.1 Å². The molecule has 1 aromatic carbocycles. The molecule has 0 atom stereocenters. The van der Waals surface area contributed by atoms with E-state index in [0.717, 1.165) is 29.3 Å². The van der Waals surface area contributed by atoms with E-state index in [4.69, 9.17) is 21.7 Å². The van der Waals surface area contributed by atoms with Crippen LogP contribution in [0, 0.1) is 4.77 Å². The molecule has 0 unspecified atom stereocenters. The Morgan fingerprint density at radius 2 is 2.09 bits per heavy atom. The molecule has 1 aliphatic heterocycles. The van der Waals surface area contributed by atoms with Crippen molar-refractivity contribution in [2.75, 3.05) is 26.4 Å². The van der Waals surface area contributed by atoms with Crippen LogP contribution in [-0.4, -0.2) is 47.0 Å². The zero-order chi connectivity index (χ0) is 22.4. The lowest BCUT2D eigenvalue weighted by molar-refractivity contribution is -0.121. The van der Waals surface area contributed by atoms with E-state index >= 15 is 0 Å². The highest BCUT2D eigenvalue weighted by Gasteiger charge is 2.34. The summed E-state index contributed by atoms with van der Waals surface area (Å²) in [4.78, 5) is 13.8. The molecule has 1 aliphatic rings. The number of H-pyrrole nitrogens is 1. The highest BCUT2D eigenvalue weighted by molar-refractivity contribution is 7.71. The fourth-order valence-electron chi connectivity index (χ4n) is 4.09. The van der Waals surface area contributed by atoms with E-state index < -0.39 is 0 Å². The highest BCUT2D eigenvalue weighted by atomic mass is 32.1. The van der Waals surface area contributed by atoms with Crippen LogP contribution in [-0.2, 0) is 21.5 Å². The van der Waals surface area contributed by atoms with E-state index in [1.165, 1.54) is 5.56 Å². The molecule has 0 spiro atoms. The van der Waals surface area contributed by atoms with Crippen LogP contribution in [0.2, 0.25) is 0 Å². The summed E-state index contributed by atoms with van der Waals surface area (Å²) in [5, 5.41) is 12.3. The normalized spacial score (nSPS) is 15.4. The largest absolute Gasteiger partial charge is 0.494 e. The predicted octanol–water partition coefficient (Wildman–Crippen LogP) is 4.32. The van der Waals surface area contributed by atoms with Crippen molar-refractivity contribution in [1.29, 1.82) is 0 Å². The van der Waals surface area contributed by atoms with Gasteiger partial charge in [0.1, 0.15) is 5.75 Å². The van der Waals surface area contributed by atoms with Gasteiger partial charge in [-0.15, -0.1) is 11.3 Å². The molecule has 2 N–H and O–H groups in total. The van der Waals surface area contributed by atoms with Crippen molar-refractivity contribution in [3.63, 3.8) is 0 Å². The summed E-state index contributed by atoms with van der Waals surface area (Å²) in [6.07, 6.45) is 2.08. The number of aromatic nitrogens is 3. The Morgan fingerprint density at radius 1 is 1.31 bits per heavy atom. The fraction of sp³-hybridized carbons (Fsp3) is 0.435. The highest BCUT2D eigenvalue weighted by Crippen LogP contribution is 2.35. The summed E-state index contributed by atoms with van der Waals surface area (Å²) in [6.45, 7) is 5.06. The van der Waals surface area contributed by atoms with E-state index in [0.29, 0.717) is 44.1 Å². The Hall–Kier alpha value is -2.49. The summed E-state index contributed by atoms with van der Waals surface area (Å²) < 4.78 is 13.6. The molecule has 1 saturated heterocycles. The molecular weight excluding hydrogens is 444 g/mol. The SMILES string of the molecule is CCOc1ccc(C2(CNC(=O)CCn3c(-c4cccs4)n[nH]c3=S)CCOCC2)cc1. The van der Waals surface area contributed by atoms with Gasteiger partial charge in [0.2, 0.25) is 5.91 Å². The standard InChI is InChI=1S/C23H28N4O3S2/c1-2-30-18-7-5-17(6-8-18)23(10-13-29-14-11-23)16-24-20(28)9-12-27-21(25-26-22(27)31)19-4-3-15-32-19/h3-8,15H,2,9-14,16H2,1H3,(H,24,28)(H,26,31). The molecule has 3 heterocycles. The molecule has 3 aromatic rings. The molecule has 0 radical (unpaired) electrons. The topological polar surface area (TPSA) is 81.2 Å². The molecule has 0 saturated carbocycles. The third kappa shape index (κ3) is 5.11. The lowest BCUT2D eigenvalue weighted by Crippen LogP contribution is -2.44. The zero-order valence-electron chi connectivity index (χ0n) is 18.1. The number of carbonyl (C=O) groups excluding carboxylic acids is 1. The number of nitrogens with one attached hydrogen (secondary N) is 2. The second-order valence-electron chi connectivity index (χ2n) is 7.86. The van der Waals surface area contributed by atoms with Gasteiger partial charge in [-0.3, -0.25) is 14.5 Å². The van der Waals surface area contributed by atoms with Gasteiger partial charge in [-0.1, -0.05) is 18.2 Å². The molecule has 0 aliphatic carbocycles. The Labute approximate surface area is 196 Å². The van der Waals surface area contributed by atoms with Crippen molar-refractivity contribution in [1.82, 2.24) is 20.1 Å². The number of hydrogen-bond donors (Lipinski definition) is 2. The molecule has 0 bridgehead atoms. The van der Waals surface area contributed by atoms with E-state index in [1.807, 2.05) is 41.1 Å². The number of ether oxygens (including phenoxy) is 2. The summed E-state index contributed by atoms with van der Waals surface area (Å²) in [5.74, 6) is 1.64. The molecule has 170 valence electrons. The van der Waals surface area contributed by atoms with E-state index in [1.54, 1.807) is 11.3 Å². The fourth-order valence-corrected chi connectivity index (χ4v) is 5.04. The summed E-state index contributed by atoms with van der Waals surface area (Å²) >= 11 is 6.97. The molecule has 4 rings (SSSR count). The minimum atomic E-state index is -0.132. The Morgan fingerprint density at radius 3 is 2.78 bits per heavy atom. The summed E-state index contributed by atoms with van der Waals surface area (Å²) in [5.41, 5.74) is 1.08. The van der Waals surface area contributed by atoms with Crippen molar-refractivity contribution in [2.24, 2.45) is 0 Å². The molecule has 1 amide bonds. The minimum Gasteiger partial charge on any atom is -0.494 e. The number of nitrogens with zero attached hydrogens (tertiary/aromatic N) is 2. The molecule has 32 heavy (non-hydrogen) atoms. The van der Waals surface area contributed by atoms with Crippen molar-refractivity contribution in [2.45, 2.75) is 38.1 Å². The van der Waals surface area contributed by atoms with Gasteiger partial charge in [-0.2, -0.15) is 5.10 Å². The predicted molar refractivity (Wildman–Crippen MR) is 128 cm³/mol. The van der Waals surface area contributed by atoms with Gasteiger partial charge in [0.15, 0.2) is 10.6 Å². The van der Waals surface area contributed by atoms with Gasteiger partial charge in [0.05, 0.1) is 11.5 Å². The number of thiophene rings is 1. The maximum atomic E-state index is 12.8. The number of rotatable bonds is 9. The van der Waals surface area contributed by atoms with Gasteiger partial charge in [0, 0.05) is 38.1 Å². The van der Waals surface area contributed by atoms with E-state index in [-0.39, 0.29) is 11.3 Å². The first kappa shape index (κ1) is 22.7. The van der Waals surface area contributed by atoms with Gasteiger partial charge in [0.25, 0.3) is 0 Å². The maximum absolute atomic E-state index is 12.8. The van der Waals surface area contributed by atoms with Crippen LogP contribution in [0.25, 0.3) is 10.7 Å². The van der Waals surface area contributed by atoms with E-state index in [2.05, 4.69) is 27.6 Å². The Bertz CT molecular complexity index is 1070. The lowest BCUT2D eigenvalue weighted by atomic mass is 9.74. The molecular formula is C23H28N4O3S2. The first-order chi connectivity index (χ1) is 15.6. The number of aromatic amines is 1. The number of hydrogen-bond acceptors (Lipinski definition) is 6. The quantitative estimate of drug-likeness (QED) is 0.453. The van der Waals surface area contributed by atoms with Crippen molar-refractivity contribution < 1.29 is 14.3 Å². The first-order valence-electron chi connectivity index (χ1n) is 10.9. The third-order valence-electron chi connectivity index (χ3n) is 5.91. The summed E-state index contributed by atoms with van der Waals surface area (Å²) in [7, 11) is 0. The van der Waals surface area contributed by atoms with Crippen LogP contribution in [0.15, 0.2) is 41.8 Å². The molecule has 7 nitrogen and oxygen atoms in total. The van der Waals surface area contributed by atoms with Gasteiger partial charge < -0.3 is 14.8 Å². The average Bonchev–Trinajstić information content (AvgIpc) is 3.47. The Balaban J connectivity index is 1.40. The van der Waals surface area contributed by atoms with Crippen LogP contribution in [0.4, 0.5) is 0 Å². The van der Waals surface area contributed by atoms with Crippen LogP contribution in [0.5, 0.6) is 5.75 Å². The van der Waals surface area contributed by atoms with Crippen LogP contribution >= 0.6 is 23.6 Å². The van der Waals surface area contributed by atoms with E-state index in [9.17, 15) is 4.79 Å². The van der Waals surface area contributed by atoms with Crippen molar-refractivity contribution in [3.8, 4) is 16.5 Å². The summed E-state index contributed by atoms with van der Waals surface area (Å²) in [6, 6.07) is 12.2. The monoisotopic (exact) mass is 472 g/mol. The molecule has 2 aromatic heterocycles. The van der Waals surface area contributed by atoms with Crippen molar-refractivity contribution >= 4 is 29.5 Å². The number of amides is 1. The van der Waals surface area contributed by atoms with Crippen LogP contribution in [0.1, 0.15) is 31.7 Å². The number of benzene rings is 1. The van der Waals surface area contributed by atoms with Crippen LogP contribution < -0.4 is 10.1 Å². The second-order valence-corrected chi connectivity index (χ2v) is 9.19. The lowest BCUT2D eigenvalue weighted by Gasteiger charge is -2.38. The molecule has 1 fully saturated rings. The third-order valence-corrected chi connectivity index (χ3v) is 7.09. The second kappa shape index (κ2) is 10.4. The number of carbonyl (C=O) groups is 1. The smallest absolute Gasteiger partial charge is 0.221 e. The Kier molecular flexibility index (Phi) is 7.39. The van der Waals surface area contributed by atoms with Crippen LogP contribution in [0.3, 0.4) is 0 Å². The van der Waals surface area contributed by atoms with Gasteiger partial charge in [-0.25, -0.2) is 0 Å². The first-order valence-corrected chi connectivity index (χ1v) is 12.2. The zero-order valence-corrected chi connectivity index (χ0v) is 19.8. The average molecular weight is 473 g/mol. The maximum Gasteiger partial charge on any atom is 0.221 e. The van der Waals surface area contributed by atoms with Gasteiger partial charge in [-0.05, 0) is 61.1 Å². The minimum absolute atomic E-state index is 0.00188.